The molecular weight excluding hydrogens is 296 g/mol. The number of nitrogens with one attached hydrogen (secondary N) is 1. The highest BCUT2D eigenvalue weighted by molar-refractivity contribution is 5.60. The smallest absolute Gasteiger partial charge is 0.406 e. The van der Waals surface area contributed by atoms with Gasteiger partial charge in [0.1, 0.15) is 17.3 Å². The van der Waals surface area contributed by atoms with E-state index in [-0.39, 0.29) is 17.9 Å². The van der Waals surface area contributed by atoms with E-state index in [0.29, 0.717) is 18.2 Å². The SMILES string of the molecule is O=CNCc1cc(-c2cc(F)cc(OC(F)(F)F)c2)on1. The molecule has 112 valence electrons. The third-order valence-electron chi connectivity index (χ3n) is 2.31. The Morgan fingerprint density at radius 3 is 2.71 bits per heavy atom. The van der Waals surface area contributed by atoms with Crippen molar-refractivity contribution in [1.29, 1.82) is 0 Å². The molecule has 0 radical (unpaired) electrons. The van der Waals surface area contributed by atoms with Crippen LogP contribution in [0.15, 0.2) is 28.8 Å². The van der Waals surface area contributed by atoms with Gasteiger partial charge in [-0.25, -0.2) is 4.39 Å². The molecule has 2 rings (SSSR count). The summed E-state index contributed by atoms with van der Waals surface area (Å²) in [6.07, 6.45) is -4.47. The van der Waals surface area contributed by atoms with E-state index < -0.39 is 17.9 Å². The second kappa shape index (κ2) is 5.81. The van der Waals surface area contributed by atoms with Crippen LogP contribution in [-0.2, 0) is 11.3 Å². The predicted octanol–water partition coefficient (Wildman–Crippen LogP) is 2.63. The van der Waals surface area contributed by atoms with E-state index in [9.17, 15) is 22.4 Å². The molecule has 0 aliphatic rings. The normalized spacial score (nSPS) is 11.2. The van der Waals surface area contributed by atoms with Crippen molar-refractivity contribution < 1.29 is 31.6 Å². The molecule has 21 heavy (non-hydrogen) atoms. The Hall–Kier alpha value is -2.58. The number of nitrogens with zero attached hydrogens (tertiary/aromatic N) is 1. The van der Waals surface area contributed by atoms with Crippen LogP contribution in [0.5, 0.6) is 5.75 Å². The van der Waals surface area contributed by atoms with Gasteiger partial charge in [-0.15, -0.1) is 13.2 Å². The molecule has 1 aromatic carbocycles. The Labute approximate surface area is 115 Å². The Morgan fingerprint density at radius 1 is 1.29 bits per heavy atom. The minimum Gasteiger partial charge on any atom is -0.406 e. The maximum atomic E-state index is 13.3. The molecule has 1 aromatic heterocycles. The fourth-order valence-electron chi connectivity index (χ4n) is 1.57. The zero-order chi connectivity index (χ0) is 15.5. The van der Waals surface area contributed by atoms with Crippen molar-refractivity contribution in [2.75, 3.05) is 0 Å². The lowest BCUT2D eigenvalue weighted by atomic mass is 10.1. The lowest BCUT2D eigenvalue weighted by molar-refractivity contribution is -0.274. The second-order valence-electron chi connectivity index (χ2n) is 3.90. The molecule has 0 aliphatic heterocycles. The summed E-state index contributed by atoms with van der Waals surface area (Å²) in [6, 6.07) is 3.90. The number of carbonyl (C=O) groups is 1. The van der Waals surface area contributed by atoms with Gasteiger partial charge in [-0.1, -0.05) is 5.16 Å². The highest BCUT2D eigenvalue weighted by Gasteiger charge is 2.31. The first-order chi connectivity index (χ1) is 9.87. The van der Waals surface area contributed by atoms with Gasteiger partial charge < -0.3 is 14.6 Å². The van der Waals surface area contributed by atoms with E-state index >= 15 is 0 Å². The number of halogens is 4. The molecule has 9 heteroatoms. The number of carbonyl (C=O) groups excluding carboxylic acids is 1. The Kier molecular flexibility index (Phi) is 4.10. The van der Waals surface area contributed by atoms with Crippen LogP contribution >= 0.6 is 0 Å². The molecule has 1 heterocycles. The molecule has 0 fully saturated rings. The second-order valence-corrected chi connectivity index (χ2v) is 3.90. The quantitative estimate of drug-likeness (QED) is 0.681. The van der Waals surface area contributed by atoms with Crippen LogP contribution in [0.4, 0.5) is 17.6 Å². The Bertz CT molecular complexity index is 640. The zero-order valence-corrected chi connectivity index (χ0v) is 10.3. The molecule has 0 bridgehead atoms. The molecule has 0 unspecified atom stereocenters. The van der Waals surface area contributed by atoms with E-state index in [2.05, 4.69) is 15.2 Å². The maximum Gasteiger partial charge on any atom is 0.573 e. The molecule has 0 saturated carbocycles. The first kappa shape index (κ1) is 14.8. The standard InChI is InChI=1S/C12H8F4N2O3/c13-8-1-7(2-10(3-8)20-12(14,15)16)11-4-9(18-21-11)5-17-6-19/h1-4,6H,5H2,(H,17,19). The highest BCUT2D eigenvalue weighted by atomic mass is 19.4. The van der Waals surface area contributed by atoms with Crippen LogP contribution in [0.25, 0.3) is 11.3 Å². The molecule has 2 aromatic rings. The van der Waals surface area contributed by atoms with E-state index in [1.165, 1.54) is 6.07 Å². The number of hydrogen-bond donors (Lipinski definition) is 1. The number of ether oxygens (including phenoxy) is 1. The number of amides is 1. The van der Waals surface area contributed by atoms with Crippen molar-refractivity contribution in [2.24, 2.45) is 0 Å². The van der Waals surface area contributed by atoms with Gasteiger partial charge in [-0.3, -0.25) is 4.79 Å². The fraction of sp³-hybridized carbons (Fsp3) is 0.167. The molecule has 1 N–H and O–H groups in total. The summed E-state index contributed by atoms with van der Waals surface area (Å²) < 4.78 is 58.3. The summed E-state index contributed by atoms with van der Waals surface area (Å²) in [5.41, 5.74) is 0.360. The number of aromatic nitrogens is 1. The molecule has 5 nitrogen and oxygen atoms in total. The Morgan fingerprint density at radius 2 is 2.05 bits per heavy atom. The van der Waals surface area contributed by atoms with Crippen molar-refractivity contribution in [3.8, 4) is 17.1 Å². The van der Waals surface area contributed by atoms with Gasteiger partial charge in [0.25, 0.3) is 0 Å². The summed E-state index contributed by atoms with van der Waals surface area (Å²) in [6.45, 7) is 0.0776. The number of benzene rings is 1. The summed E-state index contributed by atoms with van der Waals surface area (Å²) in [5, 5.41) is 5.91. The van der Waals surface area contributed by atoms with Crippen molar-refractivity contribution in [2.45, 2.75) is 12.9 Å². The average molecular weight is 304 g/mol. The fourth-order valence-corrected chi connectivity index (χ4v) is 1.57. The van der Waals surface area contributed by atoms with E-state index in [0.717, 1.165) is 12.1 Å². The molecule has 1 amide bonds. The monoisotopic (exact) mass is 304 g/mol. The highest BCUT2D eigenvalue weighted by Crippen LogP contribution is 2.29. The number of alkyl halides is 3. The average Bonchev–Trinajstić information content (AvgIpc) is 2.82. The summed E-state index contributed by atoms with van der Waals surface area (Å²) in [7, 11) is 0. The van der Waals surface area contributed by atoms with Gasteiger partial charge in [-0.05, 0) is 12.1 Å². The third-order valence-corrected chi connectivity index (χ3v) is 2.31. The maximum absolute atomic E-state index is 13.3. The van der Waals surface area contributed by atoms with Gasteiger partial charge in [0.05, 0.1) is 6.54 Å². The van der Waals surface area contributed by atoms with Gasteiger partial charge in [0.2, 0.25) is 6.41 Å². The van der Waals surface area contributed by atoms with Crippen LogP contribution < -0.4 is 10.1 Å². The number of hydrogen-bond acceptors (Lipinski definition) is 4. The van der Waals surface area contributed by atoms with Crippen LogP contribution in [0, 0.1) is 5.82 Å². The number of rotatable bonds is 5. The lowest BCUT2D eigenvalue weighted by Gasteiger charge is -2.09. The molecular formula is C12H8F4N2O3. The molecule has 0 aliphatic carbocycles. The topological polar surface area (TPSA) is 64.4 Å². The zero-order valence-electron chi connectivity index (χ0n) is 10.3. The van der Waals surface area contributed by atoms with Gasteiger partial charge >= 0.3 is 6.36 Å². The molecule has 0 saturated heterocycles. The van der Waals surface area contributed by atoms with Gasteiger partial charge in [0.15, 0.2) is 5.76 Å². The minimum atomic E-state index is -4.93. The van der Waals surface area contributed by atoms with Crippen LogP contribution in [0.3, 0.4) is 0 Å². The first-order valence-corrected chi connectivity index (χ1v) is 5.57. The van der Waals surface area contributed by atoms with Crippen molar-refractivity contribution in [1.82, 2.24) is 10.5 Å². The summed E-state index contributed by atoms with van der Waals surface area (Å²) >= 11 is 0. The van der Waals surface area contributed by atoms with E-state index in [4.69, 9.17) is 4.52 Å². The van der Waals surface area contributed by atoms with Crippen molar-refractivity contribution >= 4 is 6.41 Å². The minimum absolute atomic E-state index is 0.0269. The van der Waals surface area contributed by atoms with Gasteiger partial charge in [-0.2, -0.15) is 0 Å². The van der Waals surface area contributed by atoms with Crippen LogP contribution in [0.2, 0.25) is 0 Å². The third kappa shape index (κ3) is 4.20. The van der Waals surface area contributed by atoms with Crippen molar-refractivity contribution in [3.63, 3.8) is 0 Å². The van der Waals surface area contributed by atoms with E-state index in [1.807, 2.05) is 0 Å². The summed E-state index contributed by atoms with van der Waals surface area (Å²) in [4.78, 5) is 10.1. The summed E-state index contributed by atoms with van der Waals surface area (Å²) in [5.74, 6) is -1.58. The Balaban J connectivity index is 2.26. The van der Waals surface area contributed by atoms with E-state index in [1.54, 1.807) is 0 Å². The molecule has 0 spiro atoms. The molecule has 0 atom stereocenters. The van der Waals surface area contributed by atoms with Crippen LogP contribution in [0.1, 0.15) is 5.69 Å². The lowest BCUT2D eigenvalue weighted by Crippen LogP contribution is -2.17. The van der Waals surface area contributed by atoms with Gasteiger partial charge in [0, 0.05) is 17.7 Å². The van der Waals surface area contributed by atoms with Crippen LogP contribution in [-0.4, -0.2) is 17.9 Å². The largest absolute Gasteiger partial charge is 0.573 e. The predicted molar refractivity (Wildman–Crippen MR) is 61.5 cm³/mol. The van der Waals surface area contributed by atoms with Crippen molar-refractivity contribution in [3.05, 3.63) is 35.8 Å². The first-order valence-electron chi connectivity index (χ1n) is 5.57.